The molecule has 1 fully saturated rings. The molecular weight excluding hydrogens is 400 g/mol. The topological polar surface area (TPSA) is 94.6 Å². The third-order valence-electron chi connectivity index (χ3n) is 5.38. The number of nitrogens with one attached hydrogen (secondary N) is 2. The van der Waals surface area contributed by atoms with Crippen LogP contribution in [0.1, 0.15) is 37.9 Å². The Morgan fingerprint density at radius 2 is 2.13 bits per heavy atom. The number of aromatic nitrogens is 1. The fraction of sp³-hybridized carbons (Fsp3) is 0.318. The number of thiophene rings is 1. The maximum atomic E-state index is 13.0. The Balaban J connectivity index is 1.61. The van der Waals surface area contributed by atoms with Crippen LogP contribution in [0.3, 0.4) is 0 Å². The highest BCUT2D eigenvalue weighted by molar-refractivity contribution is 7.21. The molecule has 1 aliphatic heterocycles. The number of pyridine rings is 1. The monoisotopic (exact) mass is 424 g/mol. The lowest BCUT2D eigenvalue weighted by molar-refractivity contribution is 0.0790. The van der Waals surface area contributed by atoms with Gasteiger partial charge in [0.2, 0.25) is 0 Å². The van der Waals surface area contributed by atoms with E-state index in [0.717, 1.165) is 22.1 Å². The van der Waals surface area contributed by atoms with Crippen LogP contribution in [0.25, 0.3) is 10.1 Å². The normalized spacial score (nSPS) is 16.1. The molecule has 1 saturated heterocycles. The van der Waals surface area contributed by atoms with Gasteiger partial charge in [-0.1, -0.05) is 18.2 Å². The highest BCUT2D eigenvalue weighted by Crippen LogP contribution is 2.40. The molecule has 1 aromatic carbocycles. The Morgan fingerprint density at radius 3 is 2.93 bits per heavy atom. The van der Waals surface area contributed by atoms with Crippen LogP contribution in [0, 0.1) is 0 Å². The van der Waals surface area contributed by atoms with E-state index in [-0.39, 0.29) is 30.9 Å². The summed E-state index contributed by atoms with van der Waals surface area (Å²) in [6, 6.07) is 11.5. The summed E-state index contributed by atoms with van der Waals surface area (Å²) in [5.41, 5.74) is 1.61. The van der Waals surface area contributed by atoms with Gasteiger partial charge in [0, 0.05) is 49.1 Å². The van der Waals surface area contributed by atoms with Crippen molar-refractivity contribution in [2.75, 3.05) is 38.6 Å². The number of likely N-dealkylation sites (tertiary alicyclic amines) is 1. The van der Waals surface area contributed by atoms with E-state index in [0.29, 0.717) is 29.3 Å². The highest BCUT2D eigenvalue weighted by Gasteiger charge is 2.33. The highest BCUT2D eigenvalue weighted by atomic mass is 32.1. The third kappa shape index (κ3) is 3.88. The van der Waals surface area contributed by atoms with Crippen molar-refractivity contribution >= 4 is 39.1 Å². The van der Waals surface area contributed by atoms with Crippen molar-refractivity contribution in [3.05, 3.63) is 58.6 Å². The minimum atomic E-state index is -0.169. The lowest BCUT2D eigenvalue weighted by atomic mass is 9.95. The Bertz CT molecular complexity index is 1080. The largest absolute Gasteiger partial charge is 0.395 e. The number of amides is 2. The smallest absolute Gasteiger partial charge is 0.261 e. The number of aliphatic hydroxyl groups is 1. The summed E-state index contributed by atoms with van der Waals surface area (Å²) >= 11 is 1.47. The van der Waals surface area contributed by atoms with Crippen molar-refractivity contribution in [1.29, 1.82) is 0 Å². The first-order valence-electron chi connectivity index (χ1n) is 9.96. The number of benzene rings is 1. The van der Waals surface area contributed by atoms with Crippen molar-refractivity contribution in [3.63, 3.8) is 0 Å². The van der Waals surface area contributed by atoms with Gasteiger partial charge in [-0.3, -0.25) is 9.59 Å². The zero-order valence-corrected chi connectivity index (χ0v) is 17.5. The second-order valence-corrected chi connectivity index (χ2v) is 8.29. The van der Waals surface area contributed by atoms with Crippen LogP contribution in [0.15, 0.2) is 42.6 Å². The maximum Gasteiger partial charge on any atom is 0.261 e. The average Bonchev–Trinajstić information content (AvgIpc) is 3.41. The summed E-state index contributed by atoms with van der Waals surface area (Å²) in [6.07, 6.45) is 2.43. The zero-order valence-electron chi connectivity index (χ0n) is 16.7. The van der Waals surface area contributed by atoms with Crippen LogP contribution < -0.4 is 10.6 Å². The molecule has 3 N–H and O–H groups in total. The van der Waals surface area contributed by atoms with Crippen molar-refractivity contribution in [1.82, 2.24) is 15.2 Å². The molecule has 7 nitrogen and oxygen atoms in total. The molecule has 3 heterocycles. The molecule has 156 valence electrons. The van der Waals surface area contributed by atoms with Gasteiger partial charge in [0.05, 0.1) is 11.5 Å². The summed E-state index contributed by atoms with van der Waals surface area (Å²) in [5, 5.41) is 15.9. The summed E-state index contributed by atoms with van der Waals surface area (Å²) in [6.45, 7) is 1.33. The Kier molecular flexibility index (Phi) is 5.96. The predicted octanol–water partition coefficient (Wildman–Crippen LogP) is 2.69. The van der Waals surface area contributed by atoms with Crippen LogP contribution in [0.5, 0.6) is 0 Å². The number of hydrogen-bond donors (Lipinski definition) is 3. The van der Waals surface area contributed by atoms with Crippen LogP contribution in [0.2, 0.25) is 0 Å². The van der Waals surface area contributed by atoms with E-state index in [1.807, 2.05) is 29.2 Å². The number of aliphatic hydroxyl groups excluding tert-OH is 1. The number of hydrogen-bond acceptors (Lipinski definition) is 6. The quantitative estimate of drug-likeness (QED) is 0.566. The lowest BCUT2D eigenvalue weighted by Crippen LogP contribution is -2.29. The van der Waals surface area contributed by atoms with E-state index in [4.69, 9.17) is 5.11 Å². The van der Waals surface area contributed by atoms with Crippen molar-refractivity contribution < 1.29 is 14.7 Å². The second-order valence-electron chi connectivity index (χ2n) is 7.24. The number of nitrogens with zero attached hydrogens (tertiary/aromatic N) is 2. The van der Waals surface area contributed by atoms with Gasteiger partial charge >= 0.3 is 0 Å². The number of carbonyl (C=O) groups is 2. The first kappa shape index (κ1) is 20.3. The molecule has 30 heavy (non-hydrogen) atoms. The van der Waals surface area contributed by atoms with E-state index < -0.39 is 0 Å². The summed E-state index contributed by atoms with van der Waals surface area (Å²) in [5.74, 6) is 0.550. The van der Waals surface area contributed by atoms with Gasteiger partial charge in [-0.15, -0.1) is 11.3 Å². The van der Waals surface area contributed by atoms with Crippen molar-refractivity contribution in [2.45, 2.75) is 12.3 Å². The van der Waals surface area contributed by atoms with Gasteiger partial charge in [-0.2, -0.15) is 0 Å². The number of carbonyl (C=O) groups excluding carboxylic acids is 2. The lowest BCUT2D eigenvalue weighted by Gasteiger charge is -2.17. The SMILES string of the molecule is CNc1cc(C(=O)N2CC[C@@H](c3c(C(=O)NCCO)sc4ccccc34)C2)ccn1. The predicted molar refractivity (Wildman–Crippen MR) is 118 cm³/mol. The van der Waals surface area contributed by atoms with Crippen molar-refractivity contribution in [2.24, 2.45) is 0 Å². The van der Waals surface area contributed by atoms with Gasteiger partial charge in [0.1, 0.15) is 5.82 Å². The summed E-state index contributed by atoms with van der Waals surface area (Å²) < 4.78 is 1.05. The minimum Gasteiger partial charge on any atom is -0.395 e. The number of fused-ring (bicyclic) bond motifs is 1. The first-order valence-corrected chi connectivity index (χ1v) is 10.8. The molecule has 0 radical (unpaired) electrons. The van der Waals surface area contributed by atoms with E-state index in [2.05, 4.69) is 15.6 Å². The molecule has 4 rings (SSSR count). The molecule has 0 spiro atoms. The zero-order chi connectivity index (χ0) is 21.1. The van der Waals surface area contributed by atoms with E-state index in [1.165, 1.54) is 11.3 Å². The molecule has 1 atom stereocenters. The molecule has 0 aliphatic carbocycles. The third-order valence-corrected chi connectivity index (χ3v) is 6.57. The molecule has 8 heteroatoms. The first-order chi connectivity index (χ1) is 14.6. The molecule has 2 aromatic heterocycles. The van der Waals surface area contributed by atoms with Gasteiger partial charge in [-0.25, -0.2) is 4.98 Å². The molecule has 0 saturated carbocycles. The van der Waals surface area contributed by atoms with E-state index in [9.17, 15) is 9.59 Å². The van der Waals surface area contributed by atoms with Crippen LogP contribution >= 0.6 is 11.3 Å². The molecule has 0 unspecified atom stereocenters. The van der Waals surface area contributed by atoms with Crippen LogP contribution in [0.4, 0.5) is 5.82 Å². The number of anilines is 1. The molecule has 1 aliphatic rings. The minimum absolute atomic E-state index is 0.0257. The van der Waals surface area contributed by atoms with Gasteiger partial charge < -0.3 is 20.6 Å². The Labute approximate surface area is 178 Å². The standard InChI is InChI=1S/C22H24N4O3S/c1-23-18-12-14(6-8-24-18)22(29)26-10-7-15(13-26)19-16-4-2-3-5-17(16)30-20(19)21(28)25-9-11-27/h2-6,8,12,15,27H,7,9-11,13H2,1H3,(H,23,24)(H,25,28)/t15-/m1/s1. The summed E-state index contributed by atoms with van der Waals surface area (Å²) in [4.78, 5) is 32.5. The van der Waals surface area contributed by atoms with Gasteiger partial charge in [-0.05, 0) is 35.6 Å². The van der Waals surface area contributed by atoms with E-state index in [1.54, 1.807) is 25.4 Å². The molecule has 2 amide bonds. The average molecular weight is 425 g/mol. The molecular formula is C22H24N4O3S. The molecule has 0 bridgehead atoms. The van der Waals surface area contributed by atoms with E-state index >= 15 is 0 Å². The fourth-order valence-corrected chi connectivity index (χ4v) is 5.16. The maximum absolute atomic E-state index is 13.0. The molecule has 3 aromatic rings. The van der Waals surface area contributed by atoms with Crippen LogP contribution in [-0.2, 0) is 0 Å². The van der Waals surface area contributed by atoms with Crippen LogP contribution in [-0.4, -0.2) is 60.1 Å². The van der Waals surface area contributed by atoms with Gasteiger partial charge in [0.25, 0.3) is 11.8 Å². The van der Waals surface area contributed by atoms with Crippen molar-refractivity contribution in [3.8, 4) is 0 Å². The Hall–Kier alpha value is -2.97. The Morgan fingerprint density at radius 1 is 1.30 bits per heavy atom. The fourth-order valence-electron chi connectivity index (χ4n) is 3.95. The van der Waals surface area contributed by atoms with Gasteiger partial charge in [0.15, 0.2) is 0 Å². The number of rotatable bonds is 6. The summed E-state index contributed by atoms with van der Waals surface area (Å²) in [7, 11) is 1.77. The second kappa shape index (κ2) is 8.81.